The maximum atomic E-state index is 13.4. The number of nitrogens with one attached hydrogen (secondary N) is 1. The Kier molecular flexibility index (Phi) is 4.00. The second kappa shape index (κ2) is 5.51. The van der Waals surface area contributed by atoms with Crippen molar-refractivity contribution in [2.75, 3.05) is 11.1 Å². The van der Waals surface area contributed by atoms with Crippen molar-refractivity contribution in [3.05, 3.63) is 57.2 Å². The SMILES string of the molecule is Nc1cc(I)c(F)cc1NCc1cccc(F)c1. The summed E-state index contributed by atoms with van der Waals surface area (Å²) >= 11 is 1.88. The molecule has 0 amide bonds. The Morgan fingerprint density at radius 2 is 1.94 bits per heavy atom. The van der Waals surface area contributed by atoms with Gasteiger partial charge in [-0.25, -0.2) is 8.78 Å². The second-order valence-electron chi connectivity index (χ2n) is 3.84. The zero-order valence-electron chi connectivity index (χ0n) is 9.38. The van der Waals surface area contributed by atoms with E-state index in [1.165, 1.54) is 18.2 Å². The van der Waals surface area contributed by atoms with Gasteiger partial charge in [0.1, 0.15) is 11.6 Å². The van der Waals surface area contributed by atoms with Crippen LogP contribution in [0.4, 0.5) is 20.2 Å². The highest BCUT2D eigenvalue weighted by atomic mass is 127. The molecule has 2 aromatic carbocycles. The van der Waals surface area contributed by atoms with Crippen molar-refractivity contribution in [1.82, 2.24) is 0 Å². The molecule has 2 aromatic rings. The molecule has 2 rings (SSSR count). The van der Waals surface area contributed by atoms with Crippen LogP contribution >= 0.6 is 22.6 Å². The number of anilines is 2. The smallest absolute Gasteiger partial charge is 0.138 e. The lowest BCUT2D eigenvalue weighted by atomic mass is 10.2. The van der Waals surface area contributed by atoms with E-state index in [0.717, 1.165) is 5.56 Å². The van der Waals surface area contributed by atoms with Crippen LogP contribution in [0.1, 0.15) is 5.56 Å². The molecule has 0 spiro atoms. The molecule has 0 unspecified atom stereocenters. The third-order valence-electron chi connectivity index (χ3n) is 2.46. The van der Waals surface area contributed by atoms with Crippen molar-refractivity contribution in [3.63, 3.8) is 0 Å². The molecule has 0 aliphatic carbocycles. The van der Waals surface area contributed by atoms with Gasteiger partial charge in [-0.15, -0.1) is 0 Å². The number of rotatable bonds is 3. The first-order valence-electron chi connectivity index (χ1n) is 5.29. The maximum Gasteiger partial charge on any atom is 0.138 e. The monoisotopic (exact) mass is 360 g/mol. The van der Waals surface area contributed by atoms with Gasteiger partial charge in [0.05, 0.1) is 14.9 Å². The van der Waals surface area contributed by atoms with Gasteiger partial charge in [-0.1, -0.05) is 12.1 Å². The van der Waals surface area contributed by atoms with Gasteiger partial charge in [-0.2, -0.15) is 0 Å². The van der Waals surface area contributed by atoms with Gasteiger partial charge in [0.25, 0.3) is 0 Å². The van der Waals surface area contributed by atoms with Crippen LogP contribution in [0.2, 0.25) is 0 Å². The zero-order valence-corrected chi connectivity index (χ0v) is 11.5. The van der Waals surface area contributed by atoms with E-state index in [-0.39, 0.29) is 11.6 Å². The molecule has 0 heterocycles. The Bertz CT molecular complexity index is 573. The van der Waals surface area contributed by atoms with Crippen molar-refractivity contribution < 1.29 is 8.78 Å². The number of hydrogen-bond acceptors (Lipinski definition) is 2. The predicted molar refractivity (Wildman–Crippen MR) is 77.3 cm³/mol. The van der Waals surface area contributed by atoms with Gasteiger partial charge >= 0.3 is 0 Å². The summed E-state index contributed by atoms with van der Waals surface area (Å²) in [4.78, 5) is 0. The molecular weight excluding hydrogens is 349 g/mol. The summed E-state index contributed by atoms with van der Waals surface area (Å²) in [5, 5.41) is 2.99. The summed E-state index contributed by atoms with van der Waals surface area (Å²) in [7, 11) is 0. The molecule has 0 bridgehead atoms. The van der Waals surface area contributed by atoms with Crippen LogP contribution in [-0.4, -0.2) is 0 Å². The highest BCUT2D eigenvalue weighted by molar-refractivity contribution is 14.1. The molecule has 18 heavy (non-hydrogen) atoms. The van der Waals surface area contributed by atoms with Crippen LogP contribution in [0.15, 0.2) is 36.4 Å². The number of hydrogen-bond donors (Lipinski definition) is 2. The minimum Gasteiger partial charge on any atom is -0.397 e. The first kappa shape index (κ1) is 13.1. The van der Waals surface area contributed by atoms with E-state index in [9.17, 15) is 8.78 Å². The summed E-state index contributed by atoms with van der Waals surface area (Å²) in [6, 6.07) is 9.12. The van der Waals surface area contributed by atoms with Gasteiger partial charge in [-0.3, -0.25) is 0 Å². The molecular formula is C13H11F2IN2. The number of halogens is 3. The minimum absolute atomic E-state index is 0.295. The van der Waals surface area contributed by atoms with Gasteiger partial charge in [0, 0.05) is 12.6 Å². The van der Waals surface area contributed by atoms with Crippen LogP contribution in [-0.2, 0) is 6.54 Å². The lowest BCUT2D eigenvalue weighted by Crippen LogP contribution is -2.04. The highest BCUT2D eigenvalue weighted by Crippen LogP contribution is 2.24. The molecule has 0 aromatic heterocycles. The van der Waals surface area contributed by atoms with Crippen LogP contribution in [0.25, 0.3) is 0 Å². The van der Waals surface area contributed by atoms with E-state index in [2.05, 4.69) is 5.32 Å². The molecule has 0 aliphatic heterocycles. The number of benzene rings is 2. The molecule has 0 atom stereocenters. The average molecular weight is 360 g/mol. The fourth-order valence-corrected chi connectivity index (χ4v) is 2.05. The topological polar surface area (TPSA) is 38.0 Å². The average Bonchev–Trinajstić information content (AvgIpc) is 2.32. The molecule has 5 heteroatoms. The first-order chi connectivity index (χ1) is 8.56. The van der Waals surface area contributed by atoms with Crippen molar-refractivity contribution in [2.45, 2.75) is 6.54 Å². The van der Waals surface area contributed by atoms with Crippen LogP contribution in [0.3, 0.4) is 0 Å². The van der Waals surface area contributed by atoms with E-state index in [1.807, 2.05) is 22.6 Å². The van der Waals surface area contributed by atoms with Crippen molar-refractivity contribution in [1.29, 1.82) is 0 Å². The molecule has 0 saturated heterocycles. The molecule has 3 N–H and O–H groups in total. The Labute approximate surface area is 117 Å². The lowest BCUT2D eigenvalue weighted by molar-refractivity contribution is 0.620. The van der Waals surface area contributed by atoms with Crippen molar-refractivity contribution in [3.8, 4) is 0 Å². The van der Waals surface area contributed by atoms with Gasteiger partial charge < -0.3 is 11.1 Å². The first-order valence-corrected chi connectivity index (χ1v) is 6.37. The molecule has 2 nitrogen and oxygen atoms in total. The zero-order chi connectivity index (χ0) is 13.1. The van der Waals surface area contributed by atoms with E-state index < -0.39 is 0 Å². The molecule has 0 radical (unpaired) electrons. The van der Waals surface area contributed by atoms with E-state index in [4.69, 9.17) is 5.73 Å². The summed E-state index contributed by atoms with van der Waals surface area (Å²) in [5.41, 5.74) is 7.53. The lowest BCUT2D eigenvalue weighted by Gasteiger charge is -2.10. The Morgan fingerprint density at radius 3 is 2.67 bits per heavy atom. The van der Waals surface area contributed by atoms with Crippen molar-refractivity contribution >= 4 is 34.0 Å². The third kappa shape index (κ3) is 3.10. The molecule has 0 aliphatic rings. The van der Waals surface area contributed by atoms with E-state index in [0.29, 0.717) is 21.5 Å². The van der Waals surface area contributed by atoms with Gasteiger partial charge in [-0.05, 0) is 46.4 Å². The standard InChI is InChI=1S/C13H11F2IN2/c14-9-3-1-2-8(4-9)7-18-13-5-10(15)11(16)6-12(13)17/h1-6,18H,7,17H2. The van der Waals surface area contributed by atoms with Crippen molar-refractivity contribution in [2.24, 2.45) is 0 Å². The Morgan fingerprint density at radius 1 is 1.17 bits per heavy atom. The molecule has 94 valence electrons. The summed E-state index contributed by atoms with van der Waals surface area (Å²) in [5.74, 6) is -0.623. The fraction of sp³-hybridized carbons (Fsp3) is 0.0769. The van der Waals surface area contributed by atoms with Crippen LogP contribution in [0.5, 0.6) is 0 Å². The van der Waals surface area contributed by atoms with Crippen LogP contribution < -0.4 is 11.1 Å². The van der Waals surface area contributed by atoms with E-state index in [1.54, 1.807) is 18.2 Å². The van der Waals surface area contributed by atoms with Gasteiger partial charge in [0.15, 0.2) is 0 Å². The van der Waals surface area contributed by atoms with Gasteiger partial charge in [0.2, 0.25) is 0 Å². The quantitative estimate of drug-likeness (QED) is 0.646. The maximum absolute atomic E-state index is 13.4. The van der Waals surface area contributed by atoms with E-state index >= 15 is 0 Å². The Hall–Kier alpha value is -1.37. The number of nitrogen functional groups attached to an aromatic ring is 1. The Balaban J connectivity index is 2.13. The molecule has 0 saturated carbocycles. The number of nitrogens with two attached hydrogens (primary N) is 1. The predicted octanol–water partition coefficient (Wildman–Crippen LogP) is 3.76. The molecule has 0 fully saturated rings. The highest BCUT2D eigenvalue weighted by Gasteiger charge is 2.05. The fourth-order valence-electron chi connectivity index (χ4n) is 1.56. The summed E-state index contributed by atoms with van der Waals surface area (Å²) in [6.07, 6.45) is 0. The summed E-state index contributed by atoms with van der Waals surface area (Å²) < 4.78 is 26.8. The third-order valence-corrected chi connectivity index (χ3v) is 3.29. The summed E-state index contributed by atoms with van der Waals surface area (Å²) in [6.45, 7) is 0.391. The van der Waals surface area contributed by atoms with Crippen LogP contribution in [0, 0.1) is 15.2 Å². The normalized spacial score (nSPS) is 10.4. The largest absolute Gasteiger partial charge is 0.397 e. The minimum atomic E-state index is -0.327. The second-order valence-corrected chi connectivity index (χ2v) is 5.00.